The standard InChI is InChI=1S/C18H25BrN2O3/c1-23-16-9-13(19)8-15(17(16)24-2)18(22)20-10-14-4-3-7-21(14)11-12-5-6-12/h8-9,12,14H,3-7,10-11H2,1-2H3,(H,20,22)/t14-/m0/s1. The minimum atomic E-state index is -0.121. The fourth-order valence-corrected chi connectivity index (χ4v) is 3.84. The van der Waals surface area contributed by atoms with Crippen molar-refractivity contribution in [3.63, 3.8) is 0 Å². The molecule has 1 atom stereocenters. The molecule has 6 heteroatoms. The summed E-state index contributed by atoms with van der Waals surface area (Å²) in [6.45, 7) is 3.03. The summed E-state index contributed by atoms with van der Waals surface area (Å²) in [5.41, 5.74) is 0.496. The van der Waals surface area contributed by atoms with Gasteiger partial charge in [-0.15, -0.1) is 0 Å². The molecule has 1 aliphatic heterocycles. The van der Waals surface area contributed by atoms with Crippen molar-refractivity contribution in [3.05, 3.63) is 22.2 Å². The van der Waals surface area contributed by atoms with Crippen LogP contribution in [0.5, 0.6) is 11.5 Å². The average Bonchev–Trinajstić information content (AvgIpc) is 3.29. The van der Waals surface area contributed by atoms with E-state index < -0.39 is 0 Å². The Morgan fingerprint density at radius 3 is 2.75 bits per heavy atom. The number of nitrogens with zero attached hydrogens (tertiary/aromatic N) is 1. The van der Waals surface area contributed by atoms with Crippen molar-refractivity contribution in [2.24, 2.45) is 5.92 Å². The smallest absolute Gasteiger partial charge is 0.255 e. The van der Waals surface area contributed by atoms with Crippen LogP contribution in [0.1, 0.15) is 36.0 Å². The van der Waals surface area contributed by atoms with Gasteiger partial charge in [-0.2, -0.15) is 0 Å². The number of carbonyl (C=O) groups is 1. The molecule has 1 heterocycles. The van der Waals surface area contributed by atoms with E-state index in [0.717, 1.165) is 23.4 Å². The number of nitrogens with one attached hydrogen (secondary N) is 1. The van der Waals surface area contributed by atoms with Crippen molar-refractivity contribution in [1.29, 1.82) is 0 Å². The molecule has 1 aromatic carbocycles. The third-order valence-corrected chi connectivity index (χ3v) is 5.33. The van der Waals surface area contributed by atoms with Crippen molar-refractivity contribution in [1.82, 2.24) is 10.2 Å². The van der Waals surface area contributed by atoms with Gasteiger partial charge < -0.3 is 14.8 Å². The van der Waals surface area contributed by atoms with E-state index in [0.29, 0.717) is 29.6 Å². The van der Waals surface area contributed by atoms with Crippen molar-refractivity contribution in [3.8, 4) is 11.5 Å². The lowest BCUT2D eigenvalue weighted by molar-refractivity contribution is 0.0936. The van der Waals surface area contributed by atoms with Crippen LogP contribution in [0.4, 0.5) is 0 Å². The quantitative estimate of drug-likeness (QED) is 0.769. The zero-order valence-corrected chi connectivity index (χ0v) is 15.9. The van der Waals surface area contributed by atoms with Crippen LogP contribution in [0.15, 0.2) is 16.6 Å². The molecule has 1 saturated carbocycles. The van der Waals surface area contributed by atoms with Crippen LogP contribution in [0.3, 0.4) is 0 Å². The molecule has 0 radical (unpaired) electrons. The van der Waals surface area contributed by atoms with E-state index in [4.69, 9.17) is 9.47 Å². The monoisotopic (exact) mass is 396 g/mol. The summed E-state index contributed by atoms with van der Waals surface area (Å²) in [6.07, 6.45) is 5.11. The van der Waals surface area contributed by atoms with Gasteiger partial charge in [0.2, 0.25) is 0 Å². The molecule has 2 fully saturated rings. The fourth-order valence-electron chi connectivity index (χ4n) is 3.40. The van der Waals surface area contributed by atoms with Gasteiger partial charge >= 0.3 is 0 Å². The Hall–Kier alpha value is -1.27. The highest BCUT2D eigenvalue weighted by Crippen LogP contribution is 2.35. The van der Waals surface area contributed by atoms with E-state index in [1.54, 1.807) is 26.4 Å². The third kappa shape index (κ3) is 4.03. The van der Waals surface area contributed by atoms with Gasteiger partial charge in [-0.25, -0.2) is 0 Å². The summed E-state index contributed by atoms with van der Waals surface area (Å²) >= 11 is 3.42. The van der Waals surface area contributed by atoms with E-state index >= 15 is 0 Å². The Labute approximate surface area is 151 Å². The van der Waals surface area contributed by atoms with Gasteiger partial charge in [0.05, 0.1) is 19.8 Å². The molecule has 3 rings (SSSR count). The van der Waals surface area contributed by atoms with Crippen molar-refractivity contribution in [2.75, 3.05) is 33.9 Å². The number of hydrogen-bond acceptors (Lipinski definition) is 4. The van der Waals surface area contributed by atoms with Crippen molar-refractivity contribution >= 4 is 21.8 Å². The van der Waals surface area contributed by atoms with Gasteiger partial charge in [0.15, 0.2) is 11.5 Å². The number of ether oxygens (including phenoxy) is 2. The second-order valence-corrected chi connectivity index (χ2v) is 7.55. The number of carbonyl (C=O) groups excluding carboxylic acids is 1. The number of benzene rings is 1. The van der Waals surface area contributed by atoms with Crippen LogP contribution in [0.25, 0.3) is 0 Å². The lowest BCUT2D eigenvalue weighted by Crippen LogP contribution is -2.41. The van der Waals surface area contributed by atoms with Crippen LogP contribution < -0.4 is 14.8 Å². The third-order valence-electron chi connectivity index (χ3n) is 4.88. The fraction of sp³-hybridized carbons (Fsp3) is 0.611. The molecule has 1 aliphatic carbocycles. The second-order valence-electron chi connectivity index (χ2n) is 6.63. The van der Waals surface area contributed by atoms with E-state index in [1.807, 2.05) is 0 Å². The summed E-state index contributed by atoms with van der Waals surface area (Å²) in [6, 6.07) is 4.02. The molecule has 1 saturated heterocycles. The molecule has 2 aliphatic rings. The molecule has 0 aromatic heterocycles. The number of rotatable bonds is 7. The zero-order valence-electron chi connectivity index (χ0n) is 14.3. The minimum Gasteiger partial charge on any atom is -0.493 e. The number of likely N-dealkylation sites (tertiary alicyclic amines) is 1. The number of hydrogen-bond donors (Lipinski definition) is 1. The van der Waals surface area contributed by atoms with Gasteiger partial charge in [-0.05, 0) is 50.3 Å². The zero-order chi connectivity index (χ0) is 17.1. The van der Waals surface area contributed by atoms with Crippen LogP contribution in [0, 0.1) is 5.92 Å². The number of amides is 1. The first-order valence-corrected chi connectivity index (χ1v) is 9.35. The Balaban J connectivity index is 1.65. The van der Waals surface area contributed by atoms with Crippen molar-refractivity contribution < 1.29 is 14.3 Å². The minimum absolute atomic E-state index is 0.121. The first-order valence-electron chi connectivity index (χ1n) is 8.56. The molecule has 1 aromatic rings. The maximum absolute atomic E-state index is 12.7. The average molecular weight is 397 g/mol. The summed E-state index contributed by atoms with van der Waals surface area (Å²) < 4.78 is 11.5. The maximum Gasteiger partial charge on any atom is 0.255 e. The van der Waals surface area contributed by atoms with Crippen LogP contribution in [-0.4, -0.2) is 50.7 Å². The predicted molar refractivity (Wildman–Crippen MR) is 96.9 cm³/mol. The SMILES string of the molecule is COc1cc(Br)cc(C(=O)NC[C@@H]2CCCN2CC2CC2)c1OC. The second kappa shape index (κ2) is 7.74. The largest absolute Gasteiger partial charge is 0.493 e. The number of halogens is 1. The molecule has 24 heavy (non-hydrogen) atoms. The van der Waals surface area contributed by atoms with Crippen molar-refractivity contribution in [2.45, 2.75) is 31.7 Å². The lowest BCUT2D eigenvalue weighted by Gasteiger charge is -2.24. The van der Waals surface area contributed by atoms with Gasteiger partial charge in [-0.1, -0.05) is 15.9 Å². The van der Waals surface area contributed by atoms with Crippen LogP contribution in [-0.2, 0) is 0 Å². The van der Waals surface area contributed by atoms with E-state index in [1.165, 1.54) is 25.8 Å². The predicted octanol–water partition coefficient (Wildman–Crippen LogP) is 3.07. The number of methoxy groups -OCH3 is 2. The van der Waals surface area contributed by atoms with Gasteiger partial charge in [-0.3, -0.25) is 9.69 Å². The lowest BCUT2D eigenvalue weighted by atomic mass is 10.1. The highest BCUT2D eigenvalue weighted by atomic mass is 79.9. The molecule has 0 unspecified atom stereocenters. The van der Waals surface area contributed by atoms with Gasteiger partial charge in [0, 0.05) is 23.6 Å². The Morgan fingerprint density at radius 2 is 2.08 bits per heavy atom. The first kappa shape index (κ1) is 17.5. The van der Waals surface area contributed by atoms with E-state index in [9.17, 15) is 4.79 Å². The molecule has 0 bridgehead atoms. The molecular formula is C18H25BrN2O3. The van der Waals surface area contributed by atoms with E-state index in [2.05, 4.69) is 26.1 Å². The molecule has 5 nitrogen and oxygen atoms in total. The van der Waals surface area contributed by atoms with Crippen LogP contribution in [0.2, 0.25) is 0 Å². The Morgan fingerprint density at radius 1 is 1.29 bits per heavy atom. The molecule has 1 N–H and O–H groups in total. The topological polar surface area (TPSA) is 50.8 Å². The summed E-state index contributed by atoms with van der Waals surface area (Å²) in [7, 11) is 3.12. The molecule has 1 amide bonds. The van der Waals surface area contributed by atoms with Gasteiger partial charge in [0.25, 0.3) is 5.91 Å². The Kier molecular flexibility index (Phi) is 5.66. The summed E-state index contributed by atoms with van der Waals surface area (Å²) in [5, 5.41) is 3.08. The highest BCUT2D eigenvalue weighted by molar-refractivity contribution is 9.10. The first-order chi connectivity index (χ1) is 11.6. The van der Waals surface area contributed by atoms with E-state index in [-0.39, 0.29) is 5.91 Å². The highest BCUT2D eigenvalue weighted by Gasteiger charge is 2.31. The summed E-state index contributed by atoms with van der Waals surface area (Å²) in [5.74, 6) is 1.79. The maximum atomic E-state index is 12.7. The molecular weight excluding hydrogens is 372 g/mol. The molecule has 0 spiro atoms. The normalized spacial score (nSPS) is 20.9. The molecule has 132 valence electrons. The summed E-state index contributed by atoms with van der Waals surface area (Å²) in [4.78, 5) is 15.2. The van der Waals surface area contributed by atoms with Gasteiger partial charge in [0.1, 0.15) is 0 Å². The Bertz CT molecular complexity index is 604. The van der Waals surface area contributed by atoms with Crippen LogP contribution >= 0.6 is 15.9 Å².